The molecule has 0 radical (unpaired) electrons. The number of aliphatic hydroxyl groups excluding tert-OH is 2. The quantitative estimate of drug-likeness (QED) is 0.173. The maximum absolute atomic E-state index is 13.9. The molecular weight excluding hydrogens is 644 g/mol. The summed E-state index contributed by atoms with van der Waals surface area (Å²) in [5.74, 6) is -5.80. The fourth-order valence-electron chi connectivity index (χ4n) is 8.46. The number of carbonyl (C=O) groups excluding carboxylic acids is 5. The van der Waals surface area contributed by atoms with Gasteiger partial charge in [-0.25, -0.2) is 4.79 Å². The summed E-state index contributed by atoms with van der Waals surface area (Å²) in [7, 11) is 0. The predicted molar refractivity (Wildman–Crippen MR) is 168 cm³/mol. The van der Waals surface area contributed by atoms with Crippen molar-refractivity contribution in [1.29, 1.82) is 0 Å². The number of carbonyl (C=O) groups is 5. The lowest BCUT2D eigenvalue weighted by Crippen LogP contribution is -2.77. The van der Waals surface area contributed by atoms with Crippen molar-refractivity contribution in [2.75, 3.05) is 6.61 Å². The molecule has 49 heavy (non-hydrogen) atoms. The molecule has 270 valence electrons. The molecule has 0 bridgehead atoms. The molecule has 1 aromatic carbocycles. The van der Waals surface area contributed by atoms with Crippen LogP contribution in [0.25, 0.3) is 0 Å². The molecule has 0 unspecified atom stereocenters. The van der Waals surface area contributed by atoms with Gasteiger partial charge in [0.15, 0.2) is 12.2 Å². The third-order valence-corrected chi connectivity index (χ3v) is 10.7. The van der Waals surface area contributed by atoms with E-state index in [1.165, 1.54) is 39.8 Å². The first kappa shape index (κ1) is 38.0. The van der Waals surface area contributed by atoms with Gasteiger partial charge in [0.2, 0.25) is 0 Å². The van der Waals surface area contributed by atoms with Crippen LogP contribution in [0.15, 0.2) is 41.5 Å². The summed E-state index contributed by atoms with van der Waals surface area (Å²) < 4.78 is 28.9. The van der Waals surface area contributed by atoms with Gasteiger partial charge >= 0.3 is 29.8 Å². The number of esters is 5. The van der Waals surface area contributed by atoms with Crippen LogP contribution in [0, 0.1) is 16.7 Å². The second-order valence-corrected chi connectivity index (χ2v) is 14.0. The summed E-state index contributed by atoms with van der Waals surface area (Å²) in [5, 5.41) is 49.9. The van der Waals surface area contributed by atoms with E-state index in [4.69, 9.17) is 23.7 Å². The lowest BCUT2D eigenvalue weighted by Gasteiger charge is -2.62. The molecule has 0 aromatic heterocycles. The Morgan fingerprint density at radius 2 is 1.45 bits per heavy atom. The number of rotatable bonds is 8. The highest BCUT2D eigenvalue weighted by molar-refractivity contribution is 5.89. The summed E-state index contributed by atoms with van der Waals surface area (Å²) in [6.45, 7) is 9.22. The number of aliphatic hydroxyl groups is 4. The Kier molecular flexibility index (Phi) is 10.4. The first-order valence-electron chi connectivity index (χ1n) is 16.1. The SMILES string of the molecule is CC(=O)OC[C@@H]1[C@@H](OC(C)=O)C[C@H](OC(C)=O)[C@@]2(C)[C@@H](OC(C)=O)[C@H](OC(=O)c3ccccc3)C3=C(C)[C@@H](O)C[C@@]3(C(C)(C)O)[C@@H](O)[C@]12O. The Labute approximate surface area is 284 Å². The molecule has 0 amide bonds. The van der Waals surface area contributed by atoms with Crippen LogP contribution in [-0.4, -0.2) is 105 Å². The summed E-state index contributed by atoms with van der Waals surface area (Å²) in [5.41, 5.74) is -8.81. The van der Waals surface area contributed by atoms with E-state index in [2.05, 4.69) is 0 Å². The molecule has 1 aromatic rings. The lowest BCUT2D eigenvalue weighted by molar-refractivity contribution is -0.316. The van der Waals surface area contributed by atoms with Crippen LogP contribution in [0.3, 0.4) is 0 Å². The van der Waals surface area contributed by atoms with Crippen LogP contribution in [0.4, 0.5) is 0 Å². The molecule has 10 atom stereocenters. The maximum Gasteiger partial charge on any atom is 0.338 e. The normalized spacial score (nSPS) is 35.6. The second kappa shape index (κ2) is 13.5. The topological polar surface area (TPSA) is 212 Å². The van der Waals surface area contributed by atoms with Gasteiger partial charge in [-0.05, 0) is 57.4 Å². The average Bonchev–Trinajstić information content (AvgIpc) is 3.24. The Balaban J connectivity index is 2.19. The molecule has 14 heteroatoms. The van der Waals surface area contributed by atoms with E-state index in [9.17, 15) is 44.4 Å². The summed E-state index contributed by atoms with van der Waals surface area (Å²) >= 11 is 0. The highest BCUT2D eigenvalue weighted by Gasteiger charge is 2.80. The second-order valence-electron chi connectivity index (χ2n) is 14.0. The number of fused-ring (bicyclic) bond motifs is 2. The van der Waals surface area contributed by atoms with Crippen molar-refractivity contribution in [2.45, 2.75) is 116 Å². The number of benzene rings is 1. The van der Waals surface area contributed by atoms with Crippen molar-refractivity contribution in [3.63, 3.8) is 0 Å². The Hall–Kier alpha value is -3.85. The van der Waals surface area contributed by atoms with Crippen molar-refractivity contribution in [1.82, 2.24) is 0 Å². The average molecular weight is 691 g/mol. The lowest BCUT2D eigenvalue weighted by atomic mass is 9.49. The van der Waals surface area contributed by atoms with Crippen LogP contribution < -0.4 is 0 Å². The van der Waals surface area contributed by atoms with E-state index >= 15 is 0 Å². The molecule has 2 fully saturated rings. The first-order chi connectivity index (χ1) is 22.6. The zero-order valence-corrected chi connectivity index (χ0v) is 28.9. The van der Waals surface area contributed by atoms with Crippen molar-refractivity contribution in [2.24, 2.45) is 16.7 Å². The van der Waals surface area contributed by atoms with E-state index in [0.29, 0.717) is 0 Å². The molecule has 4 rings (SSSR count). The van der Waals surface area contributed by atoms with Crippen LogP contribution in [0.5, 0.6) is 0 Å². The molecule has 0 saturated heterocycles. The molecule has 3 aliphatic carbocycles. The standard InChI is InChI=1S/C35H46O14/c1-17-24(40)15-34(32(6,7)43)27(17)28(49-30(41)22-12-10-9-11-13-22)29(48-21(5)39)33(8)26(47-20(4)38)14-25(46-19(3)37)23(16-45-18(2)36)35(33,44)31(34)42/h9-13,23-26,28-29,31,40,42-44H,14-16H2,1-8H3/t23-,24+,25+,26+,28-,29+,31-,33+,34+,35-/m1/s1. The Bertz CT molecular complexity index is 1510. The maximum atomic E-state index is 13.9. The highest BCUT2D eigenvalue weighted by atomic mass is 16.6. The van der Waals surface area contributed by atoms with Gasteiger partial charge in [-0.15, -0.1) is 0 Å². The van der Waals surface area contributed by atoms with Gasteiger partial charge in [-0.3, -0.25) is 19.2 Å². The molecule has 4 N–H and O–H groups in total. The van der Waals surface area contributed by atoms with E-state index in [1.54, 1.807) is 18.2 Å². The van der Waals surface area contributed by atoms with E-state index in [0.717, 1.165) is 27.7 Å². The van der Waals surface area contributed by atoms with Crippen LogP contribution in [0.2, 0.25) is 0 Å². The Morgan fingerprint density at radius 1 is 0.878 bits per heavy atom. The van der Waals surface area contributed by atoms with Gasteiger partial charge in [-0.1, -0.05) is 18.2 Å². The van der Waals surface area contributed by atoms with Crippen molar-refractivity contribution < 1.29 is 68.1 Å². The van der Waals surface area contributed by atoms with E-state index < -0.39 is 107 Å². The fraction of sp³-hybridized carbons (Fsp3) is 0.629. The number of hydrogen-bond acceptors (Lipinski definition) is 14. The van der Waals surface area contributed by atoms with Crippen LogP contribution >= 0.6 is 0 Å². The molecule has 3 aliphatic rings. The zero-order chi connectivity index (χ0) is 36.9. The molecule has 14 nitrogen and oxygen atoms in total. The van der Waals surface area contributed by atoms with Crippen molar-refractivity contribution in [3.8, 4) is 0 Å². The molecular formula is C35H46O14. The number of hydrogen-bond donors (Lipinski definition) is 4. The van der Waals surface area contributed by atoms with Crippen molar-refractivity contribution in [3.05, 3.63) is 47.0 Å². The first-order valence-corrected chi connectivity index (χ1v) is 16.1. The predicted octanol–water partition coefficient (Wildman–Crippen LogP) is 1.54. The molecule has 0 spiro atoms. The minimum absolute atomic E-state index is 0.0311. The third kappa shape index (κ3) is 6.24. The van der Waals surface area contributed by atoms with E-state index in [1.807, 2.05) is 0 Å². The minimum Gasteiger partial charge on any atom is -0.465 e. The van der Waals surface area contributed by atoms with Gasteiger partial charge < -0.3 is 44.1 Å². The summed E-state index contributed by atoms with van der Waals surface area (Å²) in [6.07, 6.45) is -10.7. The van der Waals surface area contributed by atoms with Gasteiger partial charge in [-0.2, -0.15) is 0 Å². The molecule has 2 saturated carbocycles. The fourth-order valence-corrected chi connectivity index (χ4v) is 8.46. The highest BCUT2D eigenvalue weighted by Crippen LogP contribution is 2.67. The monoisotopic (exact) mass is 690 g/mol. The number of ether oxygens (including phenoxy) is 5. The van der Waals surface area contributed by atoms with Crippen LogP contribution in [-0.2, 0) is 42.9 Å². The molecule has 0 aliphatic heterocycles. The largest absolute Gasteiger partial charge is 0.465 e. The smallest absolute Gasteiger partial charge is 0.338 e. The van der Waals surface area contributed by atoms with Gasteiger partial charge in [0.1, 0.15) is 24.4 Å². The van der Waals surface area contributed by atoms with E-state index in [-0.39, 0.29) is 23.1 Å². The Morgan fingerprint density at radius 3 is 1.96 bits per heavy atom. The summed E-state index contributed by atoms with van der Waals surface area (Å²) in [4.78, 5) is 64.2. The molecule has 0 heterocycles. The zero-order valence-electron chi connectivity index (χ0n) is 28.9. The van der Waals surface area contributed by atoms with Crippen molar-refractivity contribution >= 4 is 29.8 Å². The third-order valence-electron chi connectivity index (χ3n) is 10.7. The summed E-state index contributed by atoms with van der Waals surface area (Å²) in [6, 6.07) is 7.81. The van der Waals surface area contributed by atoms with Gasteiger partial charge in [0, 0.05) is 34.1 Å². The van der Waals surface area contributed by atoms with Gasteiger partial charge in [0.25, 0.3) is 0 Å². The van der Waals surface area contributed by atoms with Crippen LogP contribution in [0.1, 0.15) is 78.6 Å². The van der Waals surface area contributed by atoms with Gasteiger partial charge in [0.05, 0.1) is 40.1 Å². The minimum atomic E-state index is -2.76.